The van der Waals surface area contributed by atoms with Gasteiger partial charge in [0.05, 0.1) is 12.1 Å². The summed E-state index contributed by atoms with van der Waals surface area (Å²) in [6.07, 6.45) is 2.98. The lowest BCUT2D eigenvalue weighted by Gasteiger charge is -2.33. The zero-order valence-corrected chi connectivity index (χ0v) is 17.2. The van der Waals surface area contributed by atoms with Crippen molar-refractivity contribution in [3.05, 3.63) is 45.5 Å². The van der Waals surface area contributed by atoms with Gasteiger partial charge in [-0.15, -0.1) is 0 Å². The van der Waals surface area contributed by atoms with Crippen molar-refractivity contribution in [1.82, 2.24) is 14.4 Å². The van der Waals surface area contributed by atoms with Crippen molar-refractivity contribution >= 4 is 34.7 Å². The Bertz CT molecular complexity index is 1190. The first kappa shape index (κ1) is 20.7. The molecule has 162 valence electrons. The maximum Gasteiger partial charge on any atom is 0.343 e. The molecule has 0 N–H and O–H groups in total. The van der Waals surface area contributed by atoms with E-state index in [4.69, 9.17) is 4.74 Å². The molecule has 1 saturated heterocycles. The van der Waals surface area contributed by atoms with E-state index in [1.165, 1.54) is 26.4 Å². The van der Waals surface area contributed by atoms with Gasteiger partial charge in [0.1, 0.15) is 17.3 Å². The number of pyridine rings is 1. The maximum absolute atomic E-state index is 15.1. The number of amides is 4. The highest BCUT2D eigenvalue weighted by atomic mass is 19.1. The fraction of sp³-hybridized carbons (Fsp3) is 0.381. The Morgan fingerprint density at radius 2 is 1.71 bits per heavy atom. The lowest BCUT2D eigenvalue weighted by molar-refractivity contribution is -0.143. The third kappa shape index (κ3) is 3.18. The molecular weight excluding hydrogens is 409 g/mol. The summed E-state index contributed by atoms with van der Waals surface area (Å²) in [5, 5.41) is -0.0489. The Hall–Kier alpha value is -3.56. The summed E-state index contributed by atoms with van der Waals surface area (Å²) in [6, 6.07) is 1.42. The number of benzene rings is 1. The van der Waals surface area contributed by atoms with Crippen LogP contribution in [0.3, 0.4) is 0 Å². The molecular formula is C21H20FN3O6. The normalized spacial score (nSPS) is 17.6. The summed E-state index contributed by atoms with van der Waals surface area (Å²) in [5.41, 5.74) is -0.823. The van der Waals surface area contributed by atoms with Gasteiger partial charge in [-0.2, -0.15) is 0 Å². The largest absolute Gasteiger partial charge is 0.462 e. The van der Waals surface area contributed by atoms with E-state index in [1.54, 1.807) is 11.5 Å². The van der Waals surface area contributed by atoms with E-state index in [2.05, 4.69) is 0 Å². The third-order valence-corrected chi connectivity index (χ3v) is 5.63. The van der Waals surface area contributed by atoms with Crippen LogP contribution >= 0.6 is 0 Å². The lowest BCUT2D eigenvalue weighted by Crippen LogP contribution is -2.55. The molecule has 1 aliphatic carbocycles. The summed E-state index contributed by atoms with van der Waals surface area (Å²) in [4.78, 5) is 63.9. The molecule has 4 rings (SSSR count). The number of hydrogen-bond acceptors (Lipinski definition) is 6. The van der Waals surface area contributed by atoms with E-state index in [9.17, 15) is 24.0 Å². The fourth-order valence-corrected chi connectivity index (χ4v) is 3.79. The van der Waals surface area contributed by atoms with Crippen molar-refractivity contribution in [2.75, 3.05) is 20.7 Å². The van der Waals surface area contributed by atoms with Gasteiger partial charge < -0.3 is 9.30 Å². The van der Waals surface area contributed by atoms with Crippen LogP contribution in [0.4, 0.5) is 9.18 Å². The Balaban J connectivity index is 1.94. The number of likely N-dealkylation sites (N-methyl/N-ethyl adjacent to an activating group) is 2. The average Bonchev–Trinajstić information content (AvgIpc) is 3.57. The molecule has 0 radical (unpaired) electrons. The molecule has 9 nitrogen and oxygen atoms in total. The van der Waals surface area contributed by atoms with Crippen LogP contribution < -0.4 is 5.43 Å². The van der Waals surface area contributed by atoms with Crippen molar-refractivity contribution in [2.45, 2.75) is 31.7 Å². The van der Waals surface area contributed by atoms with Crippen molar-refractivity contribution in [2.24, 2.45) is 0 Å². The molecule has 0 atom stereocenters. The quantitative estimate of drug-likeness (QED) is 0.542. The maximum atomic E-state index is 15.1. The van der Waals surface area contributed by atoms with Gasteiger partial charge in [-0.25, -0.2) is 14.0 Å². The first-order valence-corrected chi connectivity index (χ1v) is 9.81. The fourth-order valence-electron chi connectivity index (χ4n) is 3.79. The van der Waals surface area contributed by atoms with Crippen molar-refractivity contribution < 1.29 is 28.3 Å². The molecule has 10 heteroatoms. The SMILES string of the molecule is CCOC(=O)c1cn(C2CC2)c2cc(C3C(=O)N(C)C(=O)N(C)C3=O)c(F)cc2c1=O. The van der Waals surface area contributed by atoms with E-state index in [0.717, 1.165) is 28.7 Å². The Morgan fingerprint density at radius 3 is 2.26 bits per heavy atom. The number of carbonyl (C=O) groups is 4. The standard InChI is InChI=1S/C21H20FN3O6/c1-4-31-20(29)13-9-25(10-5-6-10)15-8-11(14(22)7-12(15)17(13)26)16-18(27)23(2)21(30)24(3)19(16)28/h7-10,16H,4-6H2,1-3H3. The third-order valence-electron chi connectivity index (χ3n) is 5.63. The highest BCUT2D eigenvalue weighted by Crippen LogP contribution is 2.38. The van der Waals surface area contributed by atoms with Gasteiger partial charge in [0.2, 0.25) is 17.2 Å². The molecule has 2 heterocycles. The number of aromatic nitrogens is 1. The van der Waals surface area contributed by atoms with E-state index in [1.807, 2.05) is 0 Å². The van der Waals surface area contributed by atoms with Gasteiger partial charge in [-0.05, 0) is 31.9 Å². The molecule has 1 saturated carbocycles. The van der Waals surface area contributed by atoms with Crippen LogP contribution in [0.5, 0.6) is 0 Å². The number of ether oxygens (including phenoxy) is 1. The van der Waals surface area contributed by atoms with Crippen LogP contribution in [0.25, 0.3) is 10.9 Å². The molecule has 0 bridgehead atoms. The predicted octanol–water partition coefficient (Wildman–Crippen LogP) is 1.79. The summed E-state index contributed by atoms with van der Waals surface area (Å²) in [7, 11) is 2.43. The number of hydrogen-bond donors (Lipinski definition) is 0. The van der Waals surface area contributed by atoms with Crippen LogP contribution in [0.1, 0.15) is 47.6 Å². The molecule has 2 aliphatic rings. The number of urea groups is 1. The Morgan fingerprint density at radius 1 is 1.10 bits per heavy atom. The van der Waals surface area contributed by atoms with Gasteiger partial charge >= 0.3 is 12.0 Å². The monoisotopic (exact) mass is 429 g/mol. The molecule has 1 aromatic carbocycles. The first-order valence-electron chi connectivity index (χ1n) is 9.81. The smallest absolute Gasteiger partial charge is 0.343 e. The van der Waals surface area contributed by atoms with Gasteiger partial charge in [-0.3, -0.25) is 24.2 Å². The summed E-state index contributed by atoms with van der Waals surface area (Å²) >= 11 is 0. The van der Waals surface area contributed by atoms with Gasteiger partial charge in [0.25, 0.3) is 0 Å². The number of esters is 1. The summed E-state index contributed by atoms with van der Waals surface area (Å²) in [5.74, 6) is -5.00. The van der Waals surface area contributed by atoms with Crippen molar-refractivity contribution in [3.63, 3.8) is 0 Å². The Kier molecular flexibility index (Phi) is 4.87. The zero-order valence-electron chi connectivity index (χ0n) is 17.2. The molecule has 1 aromatic heterocycles. The second-order valence-corrected chi connectivity index (χ2v) is 7.63. The molecule has 31 heavy (non-hydrogen) atoms. The second kappa shape index (κ2) is 7.29. The van der Waals surface area contributed by atoms with E-state index in [-0.39, 0.29) is 29.2 Å². The van der Waals surface area contributed by atoms with Crippen LogP contribution in [-0.2, 0) is 14.3 Å². The minimum atomic E-state index is -1.55. The van der Waals surface area contributed by atoms with Gasteiger partial charge in [0, 0.05) is 37.3 Å². The number of fused-ring (bicyclic) bond motifs is 1. The van der Waals surface area contributed by atoms with E-state index < -0.39 is 41.0 Å². The highest BCUT2D eigenvalue weighted by Gasteiger charge is 2.44. The molecule has 0 unspecified atom stereocenters. The van der Waals surface area contributed by atoms with Crippen molar-refractivity contribution in [3.8, 4) is 0 Å². The Labute approximate surface area is 176 Å². The predicted molar refractivity (Wildman–Crippen MR) is 106 cm³/mol. The number of halogens is 1. The summed E-state index contributed by atoms with van der Waals surface area (Å²) in [6.45, 7) is 1.69. The van der Waals surface area contributed by atoms with E-state index in [0.29, 0.717) is 5.52 Å². The zero-order chi connectivity index (χ0) is 22.6. The van der Waals surface area contributed by atoms with E-state index >= 15 is 4.39 Å². The van der Waals surface area contributed by atoms with Crippen LogP contribution in [0.15, 0.2) is 23.1 Å². The number of nitrogens with zero attached hydrogens (tertiary/aromatic N) is 3. The van der Waals surface area contributed by atoms with Gasteiger partial charge in [-0.1, -0.05) is 0 Å². The minimum Gasteiger partial charge on any atom is -0.462 e. The lowest BCUT2D eigenvalue weighted by atomic mass is 9.92. The average molecular weight is 429 g/mol. The molecule has 2 fully saturated rings. The topological polar surface area (TPSA) is 106 Å². The number of barbiturate groups is 1. The van der Waals surface area contributed by atoms with Crippen molar-refractivity contribution in [1.29, 1.82) is 0 Å². The minimum absolute atomic E-state index is 0.000674. The van der Waals surface area contributed by atoms with Crippen LogP contribution in [-0.4, -0.2) is 58.9 Å². The molecule has 2 aromatic rings. The van der Waals surface area contributed by atoms with Gasteiger partial charge in [0.15, 0.2) is 0 Å². The van der Waals surface area contributed by atoms with Crippen LogP contribution in [0.2, 0.25) is 0 Å². The number of rotatable bonds is 4. The summed E-state index contributed by atoms with van der Waals surface area (Å²) < 4.78 is 21.7. The first-order chi connectivity index (χ1) is 14.7. The molecule has 4 amide bonds. The number of imide groups is 2. The molecule has 0 spiro atoms. The highest BCUT2D eigenvalue weighted by molar-refractivity contribution is 6.19. The van der Waals surface area contributed by atoms with Crippen LogP contribution in [0, 0.1) is 5.82 Å². The number of carbonyl (C=O) groups excluding carboxylic acids is 4. The molecule has 1 aliphatic heterocycles. The second-order valence-electron chi connectivity index (χ2n) is 7.63.